The van der Waals surface area contributed by atoms with Gasteiger partial charge in [0.05, 0.1) is 6.54 Å². The van der Waals surface area contributed by atoms with E-state index < -0.39 is 11.6 Å². The maximum Gasteiger partial charge on any atom is 0.347 e. The lowest BCUT2D eigenvalue weighted by Crippen LogP contribution is -2.45. The van der Waals surface area contributed by atoms with Crippen LogP contribution < -0.4 is 4.74 Å². The van der Waals surface area contributed by atoms with Gasteiger partial charge in [0.25, 0.3) is 0 Å². The van der Waals surface area contributed by atoms with E-state index in [-0.39, 0.29) is 11.8 Å². The van der Waals surface area contributed by atoms with E-state index in [0.29, 0.717) is 12.3 Å². The third kappa shape index (κ3) is 5.25. The van der Waals surface area contributed by atoms with Gasteiger partial charge in [0, 0.05) is 19.0 Å². The van der Waals surface area contributed by atoms with E-state index in [9.17, 15) is 14.7 Å². The molecule has 1 unspecified atom stereocenters. The van der Waals surface area contributed by atoms with Crippen molar-refractivity contribution in [3.05, 3.63) is 29.8 Å². The largest absolute Gasteiger partial charge is 0.478 e. The Morgan fingerprint density at radius 2 is 1.89 bits per heavy atom. The summed E-state index contributed by atoms with van der Waals surface area (Å²) in [5.41, 5.74) is -0.170. The van der Waals surface area contributed by atoms with Gasteiger partial charge in [-0.2, -0.15) is 0 Å². The van der Waals surface area contributed by atoms with Gasteiger partial charge in [0.2, 0.25) is 5.91 Å². The third-order valence-corrected chi connectivity index (χ3v) is 5.80. The van der Waals surface area contributed by atoms with E-state index in [1.54, 1.807) is 19.9 Å². The molecule has 2 aliphatic rings. The number of carbonyl (C=O) groups is 2. The van der Waals surface area contributed by atoms with Crippen molar-refractivity contribution in [3.8, 4) is 5.75 Å². The van der Waals surface area contributed by atoms with Crippen LogP contribution in [0.4, 0.5) is 0 Å². The zero-order valence-corrected chi connectivity index (χ0v) is 17.0. The van der Waals surface area contributed by atoms with Crippen molar-refractivity contribution in [2.45, 2.75) is 57.5 Å². The molecule has 0 aliphatic carbocycles. The second-order valence-electron chi connectivity index (χ2n) is 8.51. The van der Waals surface area contributed by atoms with Crippen LogP contribution in [0.5, 0.6) is 5.75 Å². The first-order valence-electron chi connectivity index (χ1n) is 10.4. The standard InChI is InChI=1S/C22H32N2O4/c1-22(2,21(26)27)28-19-10-6-8-17(14-19)18-9-7-13-24(15-18)20(25)16-23-11-4-3-5-12-23/h6,8,10,14,18H,3-5,7,9,11-13,15-16H2,1-2H3,(H,26,27). The summed E-state index contributed by atoms with van der Waals surface area (Å²) in [6, 6.07) is 7.66. The number of benzene rings is 1. The fourth-order valence-electron chi connectivity index (χ4n) is 4.05. The van der Waals surface area contributed by atoms with Gasteiger partial charge >= 0.3 is 5.97 Å². The maximum atomic E-state index is 12.8. The molecule has 0 spiro atoms. The van der Waals surface area contributed by atoms with Gasteiger partial charge in [-0.1, -0.05) is 18.6 Å². The molecule has 1 amide bonds. The number of amides is 1. The van der Waals surface area contributed by atoms with E-state index in [1.807, 2.05) is 23.1 Å². The Bertz CT molecular complexity index is 698. The number of likely N-dealkylation sites (tertiary alicyclic amines) is 2. The number of hydrogen-bond acceptors (Lipinski definition) is 4. The summed E-state index contributed by atoms with van der Waals surface area (Å²) in [4.78, 5) is 28.4. The van der Waals surface area contributed by atoms with Crippen molar-refractivity contribution in [2.75, 3.05) is 32.7 Å². The Morgan fingerprint density at radius 3 is 2.61 bits per heavy atom. The molecule has 0 aromatic heterocycles. The van der Waals surface area contributed by atoms with Gasteiger partial charge < -0.3 is 14.7 Å². The molecular formula is C22H32N2O4. The van der Waals surface area contributed by atoms with Crippen molar-refractivity contribution in [1.29, 1.82) is 0 Å². The molecule has 2 saturated heterocycles. The first-order chi connectivity index (χ1) is 13.3. The predicted octanol–water partition coefficient (Wildman–Crippen LogP) is 3.12. The van der Waals surface area contributed by atoms with E-state index >= 15 is 0 Å². The van der Waals surface area contributed by atoms with Crippen LogP contribution >= 0.6 is 0 Å². The summed E-state index contributed by atoms with van der Waals surface area (Å²) < 4.78 is 5.68. The lowest BCUT2D eigenvalue weighted by Gasteiger charge is -2.35. The molecule has 3 rings (SSSR count). The van der Waals surface area contributed by atoms with E-state index in [2.05, 4.69) is 4.90 Å². The van der Waals surface area contributed by atoms with Crippen molar-refractivity contribution < 1.29 is 19.4 Å². The number of carbonyl (C=O) groups excluding carboxylic acids is 1. The maximum absolute atomic E-state index is 12.8. The fraction of sp³-hybridized carbons (Fsp3) is 0.636. The Hall–Kier alpha value is -2.08. The molecule has 154 valence electrons. The highest BCUT2D eigenvalue weighted by Crippen LogP contribution is 2.30. The van der Waals surface area contributed by atoms with Gasteiger partial charge in [0.15, 0.2) is 5.60 Å². The highest BCUT2D eigenvalue weighted by molar-refractivity contribution is 5.78. The number of carboxylic acid groups (broad SMARTS) is 1. The van der Waals surface area contributed by atoms with Crippen LogP contribution in [-0.4, -0.2) is 65.1 Å². The Balaban J connectivity index is 1.62. The molecule has 0 bridgehead atoms. The number of ether oxygens (including phenoxy) is 1. The van der Waals surface area contributed by atoms with E-state index in [4.69, 9.17) is 4.74 Å². The first kappa shape index (κ1) is 20.6. The molecule has 2 fully saturated rings. The lowest BCUT2D eigenvalue weighted by atomic mass is 9.90. The van der Waals surface area contributed by atoms with Crippen molar-refractivity contribution >= 4 is 11.9 Å². The second-order valence-corrected chi connectivity index (χ2v) is 8.51. The third-order valence-electron chi connectivity index (χ3n) is 5.80. The number of carboxylic acids is 1. The van der Waals surface area contributed by atoms with Crippen LogP contribution in [0.25, 0.3) is 0 Å². The normalized spacial score (nSPS) is 21.4. The lowest BCUT2D eigenvalue weighted by molar-refractivity contribution is -0.152. The molecule has 6 heteroatoms. The predicted molar refractivity (Wildman–Crippen MR) is 108 cm³/mol. The minimum Gasteiger partial charge on any atom is -0.478 e. The monoisotopic (exact) mass is 388 g/mol. The molecule has 1 N–H and O–H groups in total. The van der Waals surface area contributed by atoms with Gasteiger partial charge in [0.1, 0.15) is 5.75 Å². The van der Waals surface area contributed by atoms with Crippen molar-refractivity contribution in [3.63, 3.8) is 0 Å². The van der Waals surface area contributed by atoms with E-state index in [1.165, 1.54) is 19.3 Å². The molecule has 0 saturated carbocycles. The molecular weight excluding hydrogens is 356 g/mol. The van der Waals surface area contributed by atoms with Crippen LogP contribution in [0.2, 0.25) is 0 Å². The zero-order valence-electron chi connectivity index (χ0n) is 17.0. The highest BCUT2D eigenvalue weighted by atomic mass is 16.5. The van der Waals surface area contributed by atoms with Crippen LogP contribution in [-0.2, 0) is 9.59 Å². The van der Waals surface area contributed by atoms with Crippen LogP contribution in [0.15, 0.2) is 24.3 Å². The van der Waals surface area contributed by atoms with Crippen LogP contribution in [0, 0.1) is 0 Å². The summed E-state index contributed by atoms with van der Waals surface area (Å²) >= 11 is 0. The minimum atomic E-state index is -1.28. The second kappa shape index (κ2) is 8.95. The average Bonchev–Trinajstić information content (AvgIpc) is 2.68. The summed E-state index contributed by atoms with van der Waals surface area (Å²) in [5.74, 6) is 0.0493. The van der Waals surface area contributed by atoms with Gasteiger partial charge in [-0.05, 0) is 70.3 Å². The molecule has 1 aromatic rings. The van der Waals surface area contributed by atoms with Gasteiger partial charge in [-0.15, -0.1) is 0 Å². The molecule has 2 heterocycles. The number of nitrogens with zero attached hydrogens (tertiary/aromatic N) is 2. The van der Waals surface area contributed by atoms with Gasteiger partial charge in [-0.3, -0.25) is 9.69 Å². The molecule has 2 aliphatic heterocycles. The molecule has 28 heavy (non-hydrogen) atoms. The zero-order chi connectivity index (χ0) is 20.1. The SMILES string of the molecule is CC(C)(Oc1cccc(C2CCCN(C(=O)CN3CCCCC3)C2)c1)C(=O)O. The Kier molecular flexibility index (Phi) is 6.60. The summed E-state index contributed by atoms with van der Waals surface area (Å²) in [6.07, 6.45) is 5.67. The minimum absolute atomic E-state index is 0.228. The van der Waals surface area contributed by atoms with Crippen molar-refractivity contribution in [1.82, 2.24) is 9.80 Å². The average molecular weight is 389 g/mol. The summed E-state index contributed by atoms with van der Waals surface area (Å²) in [5, 5.41) is 9.28. The first-order valence-corrected chi connectivity index (χ1v) is 10.4. The fourth-order valence-corrected chi connectivity index (χ4v) is 4.05. The van der Waals surface area contributed by atoms with E-state index in [0.717, 1.165) is 44.6 Å². The smallest absolute Gasteiger partial charge is 0.347 e. The van der Waals surface area contributed by atoms with Crippen LogP contribution in [0.1, 0.15) is 57.4 Å². The Labute approximate surface area is 167 Å². The van der Waals surface area contributed by atoms with Crippen molar-refractivity contribution in [2.24, 2.45) is 0 Å². The van der Waals surface area contributed by atoms with Gasteiger partial charge in [-0.25, -0.2) is 4.79 Å². The summed E-state index contributed by atoms with van der Waals surface area (Å²) in [7, 11) is 0. The topological polar surface area (TPSA) is 70.1 Å². The molecule has 0 radical (unpaired) electrons. The number of piperidine rings is 2. The Morgan fingerprint density at radius 1 is 1.14 bits per heavy atom. The van der Waals surface area contributed by atoms with Crippen LogP contribution in [0.3, 0.4) is 0 Å². The number of rotatable bonds is 6. The quantitative estimate of drug-likeness (QED) is 0.811. The highest BCUT2D eigenvalue weighted by Gasteiger charge is 2.30. The molecule has 1 aromatic carbocycles. The molecule has 6 nitrogen and oxygen atoms in total. The molecule has 1 atom stereocenters. The number of aliphatic carboxylic acids is 1. The number of hydrogen-bond donors (Lipinski definition) is 1. The summed E-state index contributed by atoms with van der Waals surface area (Å²) in [6.45, 7) is 7.23.